The van der Waals surface area contributed by atoms with Crippen LogP contribution in [0.25, 0.3) is 0 Å². The van der Waals surface area contributed by atoms with Crippen LogP contribution >= 0.6 is 0 Å². The molecule has 0 bridgehead atoms. The average molecular weight is 179 g/mol. The van der Waals surface area contributed by atoms with Gasteiger partial charge in [0.25, 0.3) is 0 Å². The van der Waals surface area contributed by atoms with Crippen molar-refractivity contribution in [2.45, 2.75) is 13.8 Å². The van der Waals surface area contributed by atoms with E-state index in [2.05, 4.69) is 5.22 Å². The largest absolute Gasteiger partial charge is 0.280 e. The van der Waals surface area contributed by atoms with Crippen molar-refractivity contribution >= 4 is 103 Å². The fraction of sp³-hybridized carbons (Fsp3) is 1.00. The first-order valence-electron chi connectivity index (χ1n) is 2.47. The fourth-order valence-electron chi connectivity index (χ4n) is 0.365. The minimum absolute atomic E-state index is 0. The van der Waals surface area contributed by atoms with Gasteiger partial charge >= 0.3 is 0 Å². The van der Waals surface area contributed by atoms with Crippen molar-refractivity contribution in [2.75, 3.05) is 13.1 Å². The Labute approximate surface area is 142 Å². The van der Waals surface area contributed by atoms with Crippen molar-refractivity contribution in [1.29, 1.82) is 5.53 Å². The smallest absolute Gasteiger partial charge is 0.0348 e. The molecule has 0 rings (SSSR count). The van der Waals surface area contributed by atoms with E-state index in [1.807, 2.05) is 13.8 Å². The SMILES string of the molecule is CCN(CC)N=N.[K].[K]. The summed E-state index contributed by atoms with van der Waals surface area (Å²) in [5.41, 5.74) is 6.51. The molecule has 0 unspecified atom stereocenters. The van der Waals surface area contributed by atoms with Crippen molar-refractivity contribution in [1.82, 2.24) is 5.01 Å². The van der Waals surface area contributed by atoms with Gasteiger partial charge in [-0.25, -0.2) is 0 Å². The summed E-state index contributed by atoms with van der Waals surface area (Å²) in [6.07, 6.45) is 0. The van der Waals surface area contributed by atoms with Crippen molar-refractivity contribution in [3.63, 3.8) is 0 Å². The quantitative estimate of drug-likeness (QED) is 0.383. The van der Waals surface area contributed by atoms with Crippen LogP contribution in [0.3, 0.4) is 0 Å². The van der Waals surface area contributed by atoms with E-state index in [0.29, 0.717) is 0 Å². The number of rotatable bonds is 3. The molecule has 5 heteroatoms. The second-order valence-corrected chi connectivity index (χ2v) is 1.24. The monoisotopic (exact) mass is 179 g/mol. The summed E-state index contributed by atoms with van der Waals surface area (Å²) in [7, 11) is 0. The molecule has 0 saturated carbocycles. The Morgan fingerprint density at radius 3 is 1.56 bits per heavy atom. The zero-order chi connectivity index (χ0) is 5.70. The number of hydrogen-bond acceptors (Lipinski definition) is 2. The molecular formula is C4H11K2N3. The first kappa shape index (κ1) is 17.7. The number of nitrogens with one attached hydrogen (secondary N) is 1. The summed E-state index contributed by atoms with van der Waals surface area (Å²) < 4.78 is 0. The molecule has 1 N–H and O–H groups in total. The summed E-state index contributed by atoms with van der Waals surface area (Å²) in [5, 5.41) is 4.88. The van der Waals surface area contributed by atoms with Gasteiger partial charge in [0, 0.05) is 116 Å². The Morgan fingerprint density at radius 1 is 1.22 bits per heavy atom. The van der Waals surface area contributed by atoms with Gasteiger partial charge in [0.05, 0.1) is 0 Å². The zero-order valence-corrected chi connectivity index (χ0v) is 13.1. The van der Waals surface area contributed by atoms with Gasteiger partial charge in [-0.05, 0) is 13.8 Å². The van der Waals surface area contributed by atoms with E-state index in [1.165, 1.54) is 0 Å². The molecular weight excluding hydrogens is 168 g/mol. The molecule has 0 aliphatic rings. The molecule has 3 nitrogen and oxygen atoms in total. The van der Waals surface area contributed by atoms with Crippen LogP contribution < -0.4 is 0 Å². The summed E-state index contributed by atoms with van der Waals surface area (Å²) >= 11 is 0. The normalized spacial score (nSPS) is 6.44. The van der Waals surface area contributed by atoms with Crippen LogP contribution in [-0.2, 0) is 0 Å². The Kier molecular flexibility index (Phi) is 26.1. The molecule has 0 heterocycles. The van der Waals surface area contributed by atoms with Crippen LogP contribution in [0.15, 0.2) is 5.22 Å². The third-order valence-electron chi connectivity index (χ3n) is 0.871. The van der Waals surface area contributed by atoms with Gasteiger partial charge in [0.2, 0.25) is 0 Å². The maximum absolute atomic E-state index is 6.51. The molecule has 0 aliphatic carbocycles. The maximum atomic E-state index is 6.51. The Hall–Kier alpha value is 2.67. The molecule has 0 aromatic heterocycles. The first-order chi connectivity index (χ1) is 3.35. The van der Waals surface area contributed by atoms with Crippen LogP contribution in [0.2, 0.25) is 0 Å². The summed E-state index contributed by atoms with van der Waals surface area (Å²) in [4.78, 5) is 0. The second-order valence-electron chi connectivity index (χ2n) is 1.24. The van der Waals surface area contributed by atoms with Crippen LogP contribution in [0.5, 0.6) is 0 Å². The van der Waals surface area contributed by atoms with Crippen LogP contribution in [0.1, 0.15) is 13.8 Å². The van der Waals surface area contributed by atoms with Gasteiger partial charge in [-0.15, -0.1) is 0 Å². The molecule has 0 aromatic carbocycles. The Bertz CT molecular complexity index is 55.8. The van der Waals surface area contributed by atoms with Gasteiger partial charge in [-0.2, -0.15) is 5.53 Å². The van der Waals surface area contributed by atoms with Gasteiger partial charge in [-0.1, -0.05) is 5.22 Å². The summed E-state index contributed by atoms with van der Waals surface area (Å²) in [5.74, 6) is 0. The topological polar surface area (TPSA) is 39.5 Å². The standard InChI is InChI=1S/C4H11N3.2K/c1-3-7(4-2)6-5;;/h5H,3-4H2,1-2H3;;. The van der Waals surface area contributed by atoms with Crippen molar-refractivity contribution in [3.05, 3.63) is 0 Å². The van der Waals surface area contributed by atoms with Gasteiger partial charge < -0.3 is 0 Å². The molecule has 2 radical (unpaired) electrons. The number of nitrogens with zero attached hydrogens (tertiary/aromatic N) is 2. The van der Waals surface area contributed by atoms with Crippen molar-refractivity contribution < 1.29 is 0 Å². The van der Waals surface area contributed by atoms with Gasteiger partial charge in [0.1, 0.15) is 0 Å². The fourth-order valence-corrected chi connectivity index (χ4v) is 0.365. The molecule has 0 saturated heterocycles. The molecule has 0 fully saturated rings. The molecule has 0 aliphatic heterocycles. The minimum Gasteiger partial charge on any atom is -0.280 e. The van der Waals surface area contributed by atoms with Crippen LogP contribution in [0, 0.1) is 5.53 Å². The molecule has 9 heavy (non-hydrogen) atoms. The molecule has 0 atom stereocenters. The Balaban J connectivity index is -0.000000180. The van der Waals surface area contributed by atoms with E-state index in [0.717, 1.165) is 13.1 Å². The van der Waals surface area contributed by atoms with E-state index in [1.54, 1.807) is 5.01 Å². The van der Waals surface area contributed by atoms with E-state index in [9.17, 15) is 0 Å². The van der Waals surface area contributed by atoms with Gasteiger partial charge in [0.15, 0.2) is 0 Å². The number of hydrogen-bond donors (Lipinski definition) is 1. The van der Waals surface area contributed by atoms with Crippen LogP contribution in [0.4, 0.5) is 0 Å². The minimum atomic E-state index is 0. The van der Waals surface area contributed by atoms with Crippen molar-refractivity contribution in [2.24, 2.45) is 5.22 Å². The van der Waals surface area contributed by atoms with E-state index >= 15 is 0 Å². The molecule has 0 spiro atoms. The van der Waals surface area contributed by atoms with E-state index in [-0.39, 0.29) is 103 Å². The third kappa shape index (κ3) is 10.7. The molecule has 0 aromatic rings. The van der Waals surface area contributed by atoms with Gasteiger partial charge in [-0.3, -0.25) is 5.01 Å². The molecule has 0 amide bonds. The Morgan fingerprint density at radius 2 is 1.56 bits per heavy atom. The van der Waals surface area contributed by atoms with E-state index in [4.69, 9.17) is 5.53 Å². The third-order valence-corrected chi connectivity index (χ3v) is 0.871. The zero-order valence-electron chi connectivity index (χ0n) is 6.81. The van der Waals surface area contributed by atoms with Crippen LogP contribution in [-0.4, -0.2) is 121 Å². The van der Waals surface area contributed by atoms with E-state index < -0.39 is 0 Å². The average Bonchev–Trinajstić information content (AvgIpc) is 1.72. The summed E-state index contributed by atoms with van der Waals surface area (Å²) in [6.45, 7) is 5.61. The first-order valence-corrected chi connectivity index (χ1v) is 2.47. The maximum Gasteiger partial charge on any atom is 0.0348 e. The second kappa shape index (κ2) is 13.3. The van der Waals surface area contributed by atoms with Crippen molar-refractivity contribution in [3.8, 4) is 0 Å². The predicted octanol–water partition coefficient (Wildman–Crippen LogP) is 0.513. The molecule has 44 valence electrons. The predicted molar refractivity (Wildman–Crippen MR) is 39.6 cm³/mol. The summed E-state index contributed by atoms with van der Waals surface area (Å²) in [6, 6.07) is 0.